The van der Waals surface area contributed by atoms with E-state index in [9.17, 15) is 0 Å². The molecule has 1 aliphatic carbocycles. The fourth-order valence-electron chi connectivity index (χ4n) is 8.11. The van der Waals surface area contributed by atoms with Gasteiger partial charge in [-0.3, -0.25) is 0 Å². The average Bonchev–Trinajstić information content (AvgIpc) is 3.23. The Balaban J connectivity index is 1.62. The monoisotopic (exact) mass is 515 g/mol. The Morgan fingerprint density at radius 2 is 1.38 bits per heavy atom. The van der Waals surface area contributed by atoms with E-state index in [0.29, 0.717) is 22.5 Å². The summed E-state index contributed by atoms with van der Waals surface area (Å²) in [5.74, 6) is 0.664. The van der Waals surface area contributed by atoms with E-state index in [1.54, 1.807) is 11.1 Å². The maximum Gasteiger partial charge on any atom is 0.169 e. The number of hydrogen-bond acceptors (Lipinski definition) is 2. The molecule has 0 atom stereocenters. The summed E-state index contributed by atoms with van der Waals surface area (Å²) < 4.78 is 2.86. The maximum absolute atomic E-state index is 3.80. The zero-order valence-corrected chi connectivity index (χ0v) is 25.4. The van der Waals surface area contributed by atoms with Crippen LogP contribution in [0.1, 0.15) is 89.8 Å². The second kappa shape index (κ2) is 10.6. The molecule has 0 bridgehead atoms. The van der Waals surface area contributed by atoms with Gasteiger partial charge in [-0.05, 0) is 128 Å². The highest BCUT2D eigenvalue weighted by molar-refractivity contribution is 6.82. The summed E-state index contributed by atoms with van der Waals surface area (Å²) in [6.07, 6.45) is 10.3. The van der Waals surface area contributed by atoms with Gasteiger partial charge < -0.3 is 14.4 Å². The Hall–Kier alpha value is -2.04. The minimum absolute atomic E-state index is 0.664. The molecule has 2 heterocycles. The van der Waals surface area contributed by atoms with Crippen molar-refractivity contribution < 1.29 is 0 Å². The van der Waals surface area contributed by atoms with E-state index in [-0.39, 0.29) is 0 Å². The Morgan fingerprint density at radius 3 is 2.03 bits per heavy atom. The van der Waals surface area contributed by atoms with Gasteiger partial charge in [-0.25, -0.2) is 0 Å². The highest BCUT2D eigenvalue weighted by Gasteiger charge is 2.46. The van der Waals surface area contributed by atoms with Gasteiger partial charge in [0.2, 0.25) is 0 Å². The lowest BCUT2D eigenvalue weighted by Crippen LogP contribution is -2.51. The summed E-state index contributed by atoms with van der Waals surface area (Å²) in [7, 11) is 0.390. The van der Waals surface area contributed by atoms with Crippen LogP contribution >= 0.6 is 0 Å². The molecule has 37 heavy (non-hydrogen) atoms. The molecule has 1 N–H and O–H groups in total. The fraction of sp³-hybridized carbons (Fsp3) is 0.576. The van der Waals surface area contributed by atoms with Crippen molar-refractivity contribution in [3.05, 3.63) is 59.3 Å². The Labute approximate surface area is 226 Å². The highest BCUT2D eigenvalue weighted by Crippen LogP contribution is 2.47. The molecule has 5 rings (SSSR count). The number of nitrogens with zero attached hydrogens (tertiary/aromatic N) is 2. The predicted octanol–water partition coefficient (Wildman–Crippen LogP) is 9.10. The highest BCUT2D eigenvalue weighted by atomic mass is 28.3. The van der Waals surface area contributed by atoms with Crippen LogP contribution in [0.4, 0.5) is 11.4 Å². The van der Waals surface area contributed by atoms with E-state index in [1.165, 1.54) is 79.5 Å². The molecule has 2 aliphatic rings. The van der Waals surface area contributed by atoms with Crippen molar-refractivity contribution in [3.63, 3.8) is 0 Å². The van der Waals surface area contributed by atoms with Crippen LogP contribution in [0.5, 0.6) is 0 Å². The van der Waals surface area contributed by atoms with Gasteiger partial charge in [-0.2, -0.15) is 0 Å². The topological polar surface area (TPSA) is 20.2 Å². The lowest BCUT2D eigenvalue weighted by Gasteiger charge is -2.44. The van der Waals surface area contributed by atoms with Crippen LogP contribution in [0.15, 0.2) is 42.6 Å². The van der Waals surface area contributed by atoms with Gasteiger partial charge in [0.05, 0.1) is 0 Å². The number of benzene rings is 2. The minimum atomic E-state index is -1.88. The van der Waals surface area contributed by atoms with Gasteiger partial charge in [-0.1, -0.05) is 53.7 Å². The Bertz CT molecular complexity index is 1210. The standard InChI is InChI=1S/C33H49N3Si/c1-23(2)37(24(3)4,25(5)6)36-22-32(27-16-18-35(7)19-17-27)31-15-14-30(21-33(31)36)34-29-13-12-26-10-8-9-11-28(26)20-29/h12-15,20-25,27,34H,8-11,16-19H2,1-7H3. The van der Waals surface area contributed by atoms with Crippen LogP contribution in [-0.2, 0) is 12.8 Å². The number of likely N-dealkylation sites (tertiary alicyclic amines) is 1. The lowest BCUT2D eigenvalue weighted by molar-refractivity contribution is 0.256. The van der Waals surface area contributed by atoms with Gasteiger partial charge in [0, 0.05) is 22.3 Å². The van der Waals surface area contributed by atoms with Crippen LogP contribution in [0.2, 0.25) is 16.6 Å². The first kappa shape index (κ1) is 26.6. The molecule has 0 amide bonds. The summed E-state index contributed by atoms with van der Waals surface area (Å²) in [5, 5.41) is 5.29. The maximum atomic E-state index is 3.80. The Morgan fingerprint density at radius 1 is 0.784 bits per heavy atom. The molecule has 1 saturated heterocycles. The van der Waals surface area contributed by atoms with E-state index in [1.807, 2.05) is 0 Å². The third kappa shape index (κ3) is 4.80. The zero-order chi connectivity index (χ0) is 26.3. The van der Waals surface area contributed by atoms with Crippen molar-refractivity contribution in [2.24, 2.45) is 0 Å². The molecule has 2 aromatic carbocycles. The van der Waals surface area contributed by atoms with Gasteiger partial charge in [0.1, 0.15) is 0 Å². The van der Waals surface area contributed by atoms with Gasteiger partial charge >= 0.3 is 0 Å². The van der Waals surface area contributed by atoms with Crippen molar-refractivity contribution in [2.75, 3.05) is 25.5 Å². The van der Waals surface area contributed by atoms with E-state index < -0.39 is 8.24 Å². The van der Waals surface area contributed by atoms with Crippen LogP contribution in [0.3, 0.4) is 0 Å². The molecule has 0 unspecified atom stereocenters. The van der Waals surface area contributed by atoms with E-state index in [0.717, 1.165) is 0 Å². The molecule has 4 heteroatoms. The summed E-state index contributed by atoms with van der Waals surface area (Å²) in [4.78, 5) is 2.49. The SMILES string of the molecule is CC(C)[Si](C(C)C)(C(C)C)n1cc(C2CCN(C)CC2)c2ccc(Nc3ccc4c(c3)CCCC4)cc21. The number of nitrogens with one attached hydrogen (secondary N) is 1. The summed E-state index contributed by atoms with van der Waals surface area (Å²) >= 11 is 0. The van der Waals surface area contributed by atoms with Crippen molar-refractivity contribution in [1.82, 2.24) is 9.13 Å². The third-order valence-electron chi connectivity index (χ3n) is 9.82. The lowest BCUT2D eigenvalue weighted by atomic mass is 9.89. The predicted molar refractivity (Wildman–Crippen MR) is 164 cm³/mol. The number of fused-ring (bicyclic) bond motifs is 2. The molecule has 3 nitrogen and oxygen atoms in total. The first-order valence-electron chi connectivity index (χ1n) is 14.9. The van der Waals surface area contributed by atoms with E-state index in [2.05, 4.69) is 106 Å². The number of aryl methyl sites for hydroxylation is 2. The minimum Gasteiger partial charge on any atom is -0.373 e. The number of piperidine rings is 1. The summed E-state index contributed by atoms with van der Waals surface area (Å²) in [6.45, 7) is 17.3. The van der Waals surface area contributed by atoms with Crippen LogP contribution in [-0.4, -0.2) is 37.5 Å². The van der Waals surface area contributed by atoms with Crippen LogP contribution in [0, 0.1) is 0 Å². The molecular formula is C33H49N3Si. The van der Waals surface area contributed by atoms with Crippen molar-refractivity contribution in [1.29, 1.82) is 0 Å². The zero-order valence-electron chi connectivity index (χ0n) is 24.4. The number of hydrogen-bond donors (Lipinski definition) is 1. The first-order valence-corrected chi connectivity index (χ1v) is 17.1. The molecule has 200 valence electrons. The Kier molecular flexibility index (Phi) is 7.62. The third-order valence-corrected chi connectivity index (χ3v) is 16.6. The van der Waals surface area contributed by atoms with Gasteiger partial charge in [0.15, 0.2) is 8.24 Å². The average molecular weight is 516 g/mol. The van der Waals surface area contributed by atoms with E-state index >= 15 is 0 Å². The van der Waals surface area contributed by atoms with Crippen molar-refractivity contribution in [2.45, 2.75) is 103 Å². The molecule has 0 spiro atoms. The fourth-order valence-corrected chi connectivity index (χ4v) is 14.7. The molecule has 1 fully saturated rings. The van der Waals surface area contributed by atoms with Crippen molar-refractivity contribution >= 4 is 30.5 Å². The number of anilines is 2. The molecular weight excluding hydrogens is 466 g/mol. The summed E-state index contributed by atoms with van der Waals surface area (Å²) in [6, 6.07) is 14.3. The molecule has 0 radical (unpaired) electrons. The second-order valence-electron chi connectivity index (χ2n) is 12.9. The first-order chi connectivity index (χ1) is 17.7. The number of aromatic nitrogens is 1. The van der Waals surface area contributed by atoms with Crippen LogP contribution < -0.4 is 5.32 Å². The second-order valence-corrected chi connectivity index (χ2v) is 18.7. The van der Waals surface area contributed by atoms with Gasteiger partial charge in [-0.15, -0.1) is 0 Å². The largest absolute Gasteiger partial charge is 0.373 e. The quantitative estimate of drug-likeness (QED) is 0.317. The molecule has 0 saturated carbocycles. The normalized spacial score (nSPS) is 17.8. The molecule has 3 aromatic rings. The molecule has 1 aromatic heterocycles. The van der Waals surface area contributed by atoms with Crippen LogP contribution in [0.25, 0.3) is 10.9 Å². The van der Waals surface area contributed by atoms with Gasteiger partial charge in [0.25, 0.3) is 0 Å². The summed E-state index contributed by atoms with van der Waals surface area (Å²) in [5.41, 5.74) is 10.6. The molecule has 1 aliphatic heterocycles. The van der Waals surface area contributed by atoms with Crippen molar-refractivity contribution in [3.8, 4) is 0 Å². The van der Waals surface area contributed by atoms with E-state index in [4.69, 9.17) is 0 Å². The smallest absolute Gasteiger partial charge is 0.169 e. The number of rotatable bonds is 7.